The van der Waals surface area contributed by atoms with Crippen molar-refractivity contribution >= 4 is 0 Å². The van der Waals surface area contributed by atoms with Crippen molar-refractivity contribution in [3.8, 4) is 0 Å². The topological polar surface area (TPSA) is 43.8 Å². The van der Waals surface area contributed by atoms with E-state index in [1.54, 1.807) is 0 Å². The van der Waals surface area contributed by atoms with Gasteiger partial charge in [-0.05, 0) is 64.5 Å². The fourth-order valence-corrected chi connectivity index (χ4v) is 2.51. The summed E-state index contributed by atoms with van der Waals surface area (Å²) in [6.45, 7) is 7.38. The Morgan fingerprint density at radius 1 is 1.44 bits per heavy atom. The molecule has 1 saturated carbocycles. The van der Waals surface area contributed by atoms with Gasteiger partial charge in [-0.25, -0.2) is 0 Å². The lowest BCUT2D eigenvalue weighted by Crippen LogP contribution is -2.11. The fourth-order valence-electron chi connectivity index (χ4n) is 2.51. The minimum atomic E-state index is 0.574. The molecule has 1 fully saturated rings. The summed E-state index contributed by atoms with van der Waals surface area (Å²) in [5, 5.41) is 4.70. The van der Waals surface area contributed by atoms with Gasteiger partial charge in [-0.15, -0.1) is 0 Å². The Labute approximate surface area is 98.0 Å². The summed E-state index contributed by atoms with van der Waals surface area (Å²) in [4.78, 5) is 0. The van der Waals surface area contributed by atoms with Crippen LogP contribution in [0, 0.1) is 19.8 Å². The first-order chi connectivity index (χ1) is 7.65. The zero-order valence-corrected chi connectivity index (χ0v) is 10.7. The standard InChI is InChI=1S/C13H23N3/c1-9-13(5-4-8-14)11(3)16(15-9)10(2)12-6-7-12/h10,12H,4-8,14H2,1-3H3. The number of nitrogens with two attached hydrogens (primary N) is 1. The Balaban J connectivity index is 2.19. The van der Waals surface area contributed by atoms with Gasteiger partial charge in [-0.2, -0.15) is 5.10 Å². The summed E-state index contributed by atoms with van der Waals surface area (Å²) in [5.74, 6) is 0.861. The van der Waals surface area contributed by atoms with Crippen molar-refractivity contribution in [3.63, 3.8) is 0 Å². The van der Waals surface area contributed by atoms with Crippen LogP contribution in [0.15, 0.2) is 0 Å². The minimum Gasteiger partial charge on any atom is -0.330 e. The van der Waals surface area contributed by atoms with Gasteiger partial charge >= 0.3 is 0 Å². The normalized spacial score (nSPS) is 17.8. The lowest BCUT2D eigenvalue weighted by atomic mass is 10.1. The molecule has 0 aromatic carbocycles. The zero-order chi connectivity index (χ0) is 11.7. The molecule has 2 rings (SSSR count). The Kier molecular flexibility index (Phi) is 3.33. The Morgan fingerprint density at radius 3 is 2.69 bits per heavy atom. The van der Waals surface area contributed by atoms with E-state index in [1.165, 1.54) is 29.8 Å². The van der Waals surface area contributed by atoms with E-state index < -0.39 is 0 Å². The highest BCUT2D eigenvalue weighted by molar-refractivity contribution is 5.25. The number of aromatic nitrogens is 2. The third-order valence-corrected chi connectivity index (χ3v) is 3.80. The van der Waals surface area contributed by atoms with Crippen LogP contribution >= 0.6 is 0 Å². The van der Waals surface area contributed by atoms with Crippen LogP contribution in [0.3, 0.4) is 0 Å². The van der Waals surface area contributed by atoms with Crippen LogP contribution in [-0.2, 0) is 6.42 Å². The van der Waals surface area contributed by atoms with Gasteiger partial charge in [0.15, 0.2) is 0 Å². The van der Waals surface area contributed by atoms with Crippen molar-refractivity contribution in [2.24, 2.45) is 11.7 Å². The molecule has 3 heteroatoms. The van der Waals surface area contributed by atoms with E-state index in [-0.39, 0.29) is 0 Å². The second kappa shape index (κ2) is 4.58. The van der Waals surface area contributed by atoms with Crippen LogP contribution in [-0.4, -0.2) is 16.3 Å². The molecule has 0 saturated heterocycles. The summed E-state index contributed by atoms with van der Waals surface area (Å²) < 4.78 is 2.23. The second-order valence-electron chi connectivity index (χ2n) is 5.06. The van der Waals surface area contributed by atoms with Gasteiger partial charge in [-0.3, -0.25) is 4.68 Å². The van der Waals surface area contributed by atoms with E-state index in [0.29, 0.717) is 6.04 Å². The Hall–Kier alpha value is -0.830. The van der Waals surface area contributed by atoms with Gasteiger partial charge in [0.05, 0.1) is 11.7 Å². The van der Waals surface area contributed by atoms with Crippen LogP contribution in [0.25, 0.3) is 0 Å². The maximum atomic E-state index is 5.57. The molecule has 1 aliphatic carbocycles. The van der Waals surface area contributed by atoms with Gasteiger partial charge in [0.25, 0.3) is 0 Å². The van der Waals surface area contributed by atoms with Gasteiger partial charge < -0.3 is 5.73 Å². The molecule has 0 spiro atoms. The van der Waals surface area contributed by atoms with Crippen molar-refractivity contribution in [2.75, 3.05) is 6.54 Å². The molecule has 16 heavy (non-hydrogen) atoms. The van der Waals surface area contributed by atoms with Crippen molar-refractivity contribution in [1.82, 2.24) is 9.78 Å². The maximum absolute atomic E-state index is 5.57. The molecule has 0 aliphatic heterocycles. The number of aryl methyl sites for hydroxylation is 1. The lowest BCUT2D eigenvalue weighted by Gasteiger charge is -2.13. The molecule has 0 amide bonds. The largest absolute Gasteiger partial charge is 0.330 e. The monoisotopic (exact) mass is 221 g/mol. The fraction of sp³-hybridized carbons (Fsp3) is 0.769. The highest BCUT2D eigenvalue weighted by Crippen LogP contribution is 2.40. The maximum Gasteiger partial charge on any atom is 0.0628 e. The molecule has 1 atom stereocenters. The predicted molar refractivity (Wildman–Crippen MR) is 66.5 cm³/mol. The van der Waals surface area contributed by atoms with Crippen molar-refractivity contribution in [1.29, 1.82) is 0 Å². The quantitative estimate of drug-likeness (QED) is 0.829. The first kappa shape index (κ1) is 11.6. The number of nitrogens with zero attached hydrogens (tertiary/aromatic N) is 2. The molecule has 1 aromatic rings. The molecule has 1 aromatic heterocycles. The number of rotatable bonds is 5. The highest BCUT2D eigenvalue weighted by Gasteiger charge is 2.31. The van der Waals surface area contributed by atoms with Crippen molar-refractivity contribution < 1.29 is 0 Å². The average molecular weight is 221 g/mol. The number of hydrogen-bond donors (Lipinski definition) is 1. The number of hydrogen-bond acceptors (Lipinski definition) is 2. The average Bonchev–Trinajstić information content (AvgIpc) is 3.05. The molecule has 2 N–H and O–H groups in total. The molecule has 0 bridgehead atoms. The summed E-state index contributed by atoms with van der Waals surface area (Å²) in [6, 6.07) is 0.574. The van der Waals surface area contributed by atoms with Crippen LogP contribution in [0.2, 0.25) is 0 Å². The minimum absolute atomic E-state index is 0.574. The molecule has 1 aliphatic rings. The van der Waals surface area contributed by atoms with E-state index in [1.807, 2.05) is 0 Å². The van der Waals surface area contributed by atoms with E-state index >= 15 is 0 Å². The second-order valence-corrected chi connectivity index (χ2v) is 5.06. The first-order valence-corrected chi connectivity index (χ1v) is 6.39. The Bertz CT molecular complexity index is 363. The van der Waals surface area contributed by atoms with Crippen molar-refractivity contribution in [2.45, 2.75) is 52.5 Å². The van der Waals surface area contributed by atoms with Gasteiger partial charge in [0.1, 0.15) is 0 Å². The van der Waals surface area contributed by atoms with Crippen LogP contribution in [0.5, 0.6) is 0 Å². The zero-order valence-electron chi connectivity index (χ0n) is 10.7. The van der Waals surface area contributed by atoms with E-state index in [4.69, 9.17) is 10.8 Å². The summed E-state index contributed by atoms with van der Waals surface area (Å²) in [5.41, 5.74) is 9.53. The summed E-state index contributed by atoms with van der Waals surface area (Å²) in [6.07, 6.45) is 4.88. The van der Waals surface area contributed by atoms with Gasteiger partial charge in [0, 0.05) is 5.69 Å². The third kappa shape index (κ3) is 2.14. The molecular weight excluding hydrogens is 198 g/mol. The Morgan fingerprint density at radius 2 is 2.12 bits per heavy atom. The summed E-state index contributed by atoms with van der Waals surface area (Å²) in [7, 11) is 0. The first-order valence-electron chi connectivity index (χ1n) is 6.39. The van der Waals surface area contributed by atoms with Crippen LogP contribution in [0.4, 0.5) is 0 Å². The molecule has 1 heterocycles. The summed E-state index contributed by atoms with van der Waals surface area (Å²) >= 11 is 0. The molecule has 90 valence electrons. The van der Waals surface area contributed by atoms with Crippen molar-refractivity contribution in [3.05, 3.63) is 17.0 Å². The van der Waals surface area contributed by atoms with E-state index in [9.17, 15) is 0 Å². The third-order valence-electron chi connectivity index (χ3n) is 3.80. The van der Waals surface area contributed by atoms with Gasteiger partial charge in [-0.1, -0.05) is 0 Å². The van der Waals surface area contributed by atoms with Crippen LogP contribution < -0.4 is 5.73 Å². The predicted octanol–water partition coefficient (Wildman–Crippen LogP) is 2.36. The smallest absolute Gasteiger partial charge is 0.0628 e. The van der Waals surface area contributed by atoms with Gasteiger partial charge in [0.2, 0.25) is 0 Å². The highest BCUT2D eigenvalue weighted by atomic mass is 15.3. The molecule has 0 radical (unpaired) electrons. The molecule has 3 nitrogen and oxygen atoms in total. The van der Waals surface area contributed by atoms with Crippen LogP contribution in [0.1, 0.15) is 49.2 Å². The molecular formula is C13H23N3. The molecule has 1 unspecified atom stereocenters. The lowest BCUT2D eigenvalue weighted by molar-refractivity contribution is 0.429. The van der Waals surface area contributed by atoms with E-state index in [2.05, 4.69) is 25.5 Å². The van der Waals surface area contributed by atoms with E-state index in [0.717, 1.165) is 25.3 Å². The SMILES string of the molecule is Cc1nn(C(C)C2CC2)c(C)c1CCCN.